The molecule has 0 aliphatic heterocycles. The first-order valence-electron chi connectivity index (χ1n) is 6.95. The molecular weight excluding hydrogens is 272 g/mol. The summed E-state index contributed by atoms with van der Waals surface area (Å²) in [6, 6.07) is 8.15. The Morgan fingerprint density at radius 2 is 2.10 bits per heavy atom. The molecule has 1 aromatic rings. The molecule has 0 aromatic heterocycles. The van der Waals surface area contributed by atoms with Gasteiger partial charge in [-0.25, -0.2) is 0 Å². The Labute approximate surface area is 126 Å². The fourth-order valence-electron chi connectivity index (χ4n) is 1.88. The van der Waals surface area contributed by atoms with Gasteiger partial charge in [0.25, 0.3) is 0 Å². The Morgan fingerprint density at radius 3 is 2.70 bits per heavy atom. The van der Waals surface area contributed by atoms with Gasteiger partial charge in [-0.3, -0.25) is 0 Å². The predicted molar refractivity (Wildman–Crippen MR) is 83.0 cm³/mol. The molecule has 1 aromatic carbocycles. The maximum Gasteiger partial charge on any atom is 0.137 e. The van der Waals surface area contributed by atoms with Crippen molar-refractivity contribution in [2.24, 2.45) is 5.41 Å². The van der Waals surface area contributed by atoms with Crippen LogP contribution in [0.3, 0.4) is 0 Å². The first-order valence-corrected chi connectivity index (χ1v) is 7.33. The van der Waals surface area contributed by atoms with Gasteiger partial charge in [0.1, 0.15) is 5.75 Å². The molecule has 4 heteroatoms. The van der Waals surface area contributed by atoms with Crippen molar-refractivity contribution in [2.75, 3.05) is 13.7 Å². The van der Waals surface area contributed by atoms with Gasteiger partial charge in [-0.2, -0.15) is 5.26 Å². The number of nitrogens with zero attached hydrogens (tertiary/aromatic N) is 1. The van der Waals surface area contributed by atoms with Crippen LogP contribution in [0.15, 0.2) is 18.2 Å². The number of benzene rings is 1. The number of nitriles is 1. The standard InChI is InChI=1S/C16H23ClN2O/c1-16(2,12-18)8-4-5-9-20-15-7-6-13(11-19-3)10-14(15)17/h6-7,10,19H,4-5,8-9,11H2,1-3H3. The summed E-state index contributed by atoms with van der Waals surface area (Å²) in [7, 11) is 1.90. The lowest BCUT2D eigenvalue weighted by Gasteiger charge is -2.14. The van der Waals surface area contributed by atoms with Crippen molar-refractivity contribution in [3.05, 3.63) is 28.8 Å². The predicted octanol–water partition coefficient (Wildman–Crippen LogP) is 4.16. The second-order valence-corrected chi connectivity index (χ2v) is 6.00. The monoisotopic (exact) mass is 294 g/mol. The van der Waals surface area contributed by atoms with Gasteiger partial charge in [0, 0.05) is 6.54 Å². The van der Waals surface area contributed by atoms with Crippen molar-refractivity contribution in [2.45, 2.75) is 39.7 Å². The molecule has 0 fully saturated rings. The lowest BCUT2D eigenvalue weighted by atomic mass is 9.89. The zero-order valence-corrected chi connectivity index (χ0v) is 13.3. The number of nitrogens with one attached hydrogen (secondary N) is 1. The quantitative estimate of drug-likeness (QED) is 0.732. The Bertz CT molecular complexity index is 466. The van der Waals surface area contributed by atoms with E-state index in [1.54, 1.807) is 0 Å². The van der Waals surface area contributed by atoms with E-state index in [0.717, 1.165) is 37.1 Å². The van der Waals surface area contributed by atoms with Crippen molar-refractivity contribution in [3.63, 3.8) is 0 Å². The minimum atomic E-state index is -0.244. The number of hydrogen-bond donors (Lipinski definition) is 1. The first kappa shape index (κ1) is 16.8. The molecule has 0 amide bonds. The summed E-state index contributed by atoms with van der Waals surface area (Å²) in [6.07, 6.45) is 2.80. The lowest BCUT2D eigenvalue weighted by Crippen LogP contribution is -2.08. The highest BCUT2D eigenvalue weighted by Gasteiger charge is 2.15. The van der Waals surface area contributed by atoms with E-state index in [4.69, 9.17) is 21.6 Å². The summed E-state index contributed by atoms with van der Waals surface area (Å²) in [5.74, 6) is 0.728. The van der Waals surface area contributed by atoms with E-state index >= 15 is 0 Å². The third-order valence-electron chi connectivity index (χ3n) is 3.13. The molecule has 0 aliphatic rings. The summed E-state index contributed by atoms with van der Waals surface area (Å²) in [6.45, 7) is 5.35. The van der Waals surface area contributed by atoms with Crippen molar-refractivity contribution >= 4 is 11.6 Å². The number of halogens is 1. The molecular formula is C16H23ClN2O. The molecule has 0 unspecified atom stereocenters. The Hall–Kier alpha value is -1.24. The van der Waals surface area contributed by atoms with Crippen LogP contribution in [0.25, 0.3) is 0 Å². The van der Waals surface area contributed by atoms with Crippen molar-refractivity contribution in [1.29, 1.82) is 5.26 Å². The van der Waals surface area contributed by atoms with E-state index < -0.39 is 0 Å². The van der Waals surface area contributed by atoms with Crippen LogP contribution in [0.5, 0.6) is 5.75 Å². The Kier molecular flexibility index (Phi) is 6.84. The van der Waals surface area contributed by atoms with Gasteiger partial charge in [0.05, 0.1) is 23.1 Å². The Morgan fingerprint density at radius 1 is 1.35 bits per heavy atom. The number of ether oxygens (including phenoxy) is 1. The highest BCUT2D eigenvalue weighted by molar-refractivity contribution is 6.32. The summed E-state index contributed by atoms with van der Waals surface area (Å²) in [4.78, 5) is 0. The molecule has 1 rings (SSSR count). The van der Waals surface area contributed by atoms with Crippen LogP contribution >= 0.6 is 11.6 Å². The summed E-state index contributed by atoms with van der Waals surface area (Å²) < 4.78 is 5.68. The fraction of sp³-hybridized carbons (Fsp3) is 0.562. The van der Waals surface area contributed by atoms with E-state index in [1.807, 2.05) is 39.1 Å². The molecule has 0 saturated carbocycles. The summed E-state index contributed by atoms with van der Waals surface area (Å²) >= 11 is 6.18. The van der Waals surface area contributed by atoms with Crippen molar-refractivity contribution in [1.82, 2.24) is 5.32 Å². The zero-order chi connectivity index (χ0) is 15.0. The molecule has 3 nitrogen and oxygen atoms in total. The van der Waals surface area contributed by atoms with E-state index in [-0.39, 0.29) is 5.41 Å². The van der Waals surface area contributed by atoms with Crippen molar-refractivity contribution in [3.8, 4) is 11.8 Å². The van der Waals surface area contributed by atoms with E-state index in [2.05, 4.69) is 11.4 Å². The molecule has 0 saturated heterocycles. The number of hydrogen-bond acceptors (Lipinski definition) is 3. The van der Waals surface area contributed by atoms with Gasteiger partial charge in [-0.15, -0.1) is 0 Å². The normalized spacial score (nSPS) is 11.2. The van der Waals surface area contributed by atoms with Crippen LogP contribution in [0.2, 0.25) is 5.02 Å². The number of rotatable bonds is 8. The minimum absolute atomic E-state index is 0.244. The van der Waals surface area contributed by atoms with Gasteiger partial charge in [0.2, 0.25) is 0 Å². The third-order valence-corrected chi connectivity index (χ3v) is 3.43. The molecule has 0 heterocycles. The summed E-state index contributed by atoms with van der Waals surface area (Å²) in [5.41, 5.74) is 0.896. The molecule has 0 atom stereocenters. The van der Waals surface area contributed by atoms with Crippen LogP contribution in [-0.4, -0.2) is 13.7 Å². The van der Waals surface area contributed by atoms with Gasteiger partial charge in [0.15, 0.2) is 0 Å². The maximum atomic E-state index is 8.93. The first-order chi connectivity index (χ1) is 9.48. The van der Waals surface area contributed by atoms with Gasteiger partial charge in [-0.05, 0) is 57.9 Å². The Balaban J connectivity index is 2.34. The largest absolute Gasteiger partial charge is 0.492 e. The van der Waals surface area contributed by atoms with E-state index in [9.17, 15) is 0 Å². The molecule has 1 N–H and O–H groups in total. The molecule has 110 valence electrons. The topological polar surface area (TPSA) is 45.0 Å². The molecule has 20 heavy (non-hydrogen) atoms. The van der Waals surface area contributed by atoms with Crippen molar-refractivity contribution < 1.29 is 4.74 Å². The van der Waals surface area contributed by atoms with E-state index in [1.165, 1.54) is 0 Å². The molecule has 0 aliphatic carbocycles. The highest BCUT2D eigenvalue weighted by atomic mass is 35.5. The van der Waals surface area contributed by atoms with Gasteiger partial charge < -0.3 is 10.1 Å². The lowest BCUT2D eigenvalue weighted by molar-refractivity contribution is 0.295. The van der Waals surface area contributed by atoms with E-state index in [0.29, 0.717) is 11.6 Å². The van der Waals surface area contributed by atoms with Crippen LogP contribution < -0.4 is 10.1 Å². The highest BCUT2D eigenvalue weighted by Crippen LogP contribution is 2.26. The van der Waals surface area contributed by atoms with Crippen LogP contribution in [0, 0.1) is 16.7 Å². The second-order valence-electron chi connectivity index (χ2n) is 5.60. The fourth-order valence-corrected chi connectivity index (χ4v) is 2.14. The average Bonchev–Trinajstić information content (AvgIpc) is 2.41. The van der Waals surface area contributed by atoms with Gasteiger partial charge in [-0.1, -0.05) is 17.7 Å². The molecule has 0 bridgehead atoms. The second kappa shape index (κ2) is 8.14. The third kappa shape index (κ3) is 5.81. The number of unbranched alkanes of at least 4 members (excludes halogenated alkanes) is 1. The minimum Gasteiger partial charge on any atom is -0.492 e. The maximum absolute atomic E-state index is 8.93. The SMILES string of the molecule is CNCc1ccc(OCCCCC(C)(C)C#N)c(Cl)c1. The molecule has 0 spiro atoms. The van der Waals surface area contributed by atoms with Crippen LogP contribution in [0.4, 0.5) is 0 Å². The smallest absolute Gasteiger partial charge is 0.137 e. The zero-order valence-electron chi connectivity index (χ0n) is 12.5. The van der Waals surface area contributed by atoms with Gasteiger partial charge >= 0.3 is 0 Å². The van der Waals surface area contributed by atoms with Crippen LogP contribution in [0.1, 0.15) is 38.7 Å². The van der Waals surface area contributed by atoms with Crippen LogP contribution in [-0.2, 0) is 6.54 Å². The molecule has 0 radical (unpaired) electrons. The summed E-state index contributed by atoms with van der Waals surface area (Å²) in [5, 5.41) is 12.7. The average molecular weight is 295 g/mol.